The molecule has 2 aliphatic carbocycles. The van der Waals surface area contributed by atoms with E-state index in [4.69, 9.17) is 14.2 Å². The van der Waals surface area contributed by atoms with Crippen LogP contribution in [0, 0.1) is 12.8 Å². The maximum absolute atomic E-state index is 11.3. The second-order valence-electron chi connectivity index (χ2n) is 9.17. The summed E-state index contributed by atoms with van der Waals surface area (Å²) in [6.07, 6.45) is 6.26. The fraction of sp³-hybridized carbons (Fsp3) is 0.565. The number of carboxylic acid groups (broad SMARTS) is 1. The summed E-state index contributed by atoms with van der Waals surface area (Å²) < 4.78 is 13.2. The topological polar surface area (TPSA) is 141 Å². The first kappa shape index (κ1) is 22.3. The zero-order chi connectivity index (χ0) is 23.7. The maximum Gasteiger partial charge on any atom is 0.321 e. The molecular weight excluding hydrogens is 438 g/mol. The van der Waals surface area contributed by atoms with Crippen LogP contribution in [0.2, 0.25) is 0 Å². The van der Waals surface area contributed by atoms with E-state index in [1.807, 2.05) is 26.1 Å². The predicted octanol–water partition coefficient (Wildman–Crippen LogP) is 3.47. The molecular formula is C23H29N7O4. The molecule has 3 heterocycles. The Balaban J connectivity index is 1.27. The molecule has 0 aromatic carbocycles. The van der Waals surface area contributed by atoms with Gasteiger partial charge in [-0.05, 0) is 57.6 Å². The van der Waals surface area contributed by atoms with Gasteiger partial charge in [-0.1, -0.05) is 16.8 Å². The molecule has 0 amide bonds. The minimum absolute atomic E-state index is 0.114. The minimum Gasteiger partial charge on any atom is -0.489 e. The quantitative estimate of drug-likeness (QED) is 0.506. The SMILES string of the molecule is Cc1nc(-c2nnn(C)c2CNc2nc(C3CCC3)no2)ccc1O[C@H]1CCC[C@H](C(=O)O)C1. The van der Waals surface area contributed by atoms with Crippen molar-refractivity contribution in [3.05, 3.63) is 29.3 Å². The van der Waals surface area contributed by atoms with Crippen LogP contribution in [0.5, 0.6) is 5.75 Å². The van der Waals surface area contributed by atoms with Gasteiger partial charge in [0.15, 0.2) is 5.82 Å². The molecule has 3 aromatic heterocycles. The predicted molar refractivity (Wildman–Crippen MR) is 121 cm³/mol. The molecule has 2 fully saturated rings. The number of nitrogens with one attached hydrogen (secondary N) is 1. The van der Waals surface area contributed by atoms with Crippen molar-refractivity contribution in [1.82, 2.24) is 30.1 Å². The number of ether oxygens (including phenoxy) is 1. The first-order valence-electron chi connectivity index (χ1n) is 11.8. The summed E-state index contributed by atoms with van der Waals surface area (Å²) in [6, 6.07) is 4.11. The van der Waals surface area contributed by atoms with Crippen molar-refractivity contribution < 1.29 is 19.2 Å². The average Bonchev–Trinajstić information content (AvgIpc) is 3.39. The van der Waals surface area contributed by atoms with Crippen molar-refractivity contribution in [2.24, 2.45) is 13.0 Å². The molecule has 34 heavy (non-hydrogen) atoms. The van der Waals surface area contributed by atoms with Crippen molar-refractivity contribution in [2.45, 2.75) is 70.4 Å². The van der Waals surface area contributed by atoms with Crippen LogP contribution in [0.25, 0.3) is 11.4 Å². The van der Waals surface area contributed by atoms with Gasteiger partial charge in [0.1, 0.15) is 11.4 Å². The van der Waals surface area contributed by atoms with Gasteiger partial charge in [0.25, 0.3) is 0 Å². The van der Waals surface area contributed by atoms with E-state index in [2.05, 4.69) is 25.8 Å². The molecule has 11 heteroatoms. The molecule has 0 bridgehead atoms. The Morgan fingerprint density at radius 3 is 2.79 bits per heavy atom. The first-order valence-corrected chi connectivity index (χ1v) is 11.8. The van der Waals surface area contributed by atoms with Gasteiger partial charge >= 0.3 is 12.0 Å². The number of pyridine rings is 1. The van der Waals surface area contributed by atoms with E-state index in [1.54, 1.807) is 4.68 Å². The van der Waals surface area contributed by atoms with Crippen molar-refractivity contribution in [1.29, 1.82) is 0 Å². The fourth-order valence-electron chi connectivity index (χ4n) is 4.53. The van der Waals surface area contributed by atoms with Gasteiger partial charge < -0.3 is 19.7 Å². The monoisotopic (exact) mass is 467 g/mol. The third-order valence-corrected chi connectivity index (χ3v) is 6.81. The van der Waals surface area contributed by atoms with E-state index < -0.39 is 5.97 Å². The Morgan fingerprint density at radius 2 is 2.06 bits per heavy atom. The first-order chi connectivity index (χ1) is 16.5. The molecule has 0 unspecified atom stereocenters. The number of hydrogen-bond donors (Lipinski definition) is 2. The van der Waals surface area contributed by atoms with E-state index in [-0.39, 0.29) is 12.0 Å². The van der Waals surface area contributed by atoms with E-state index in [0.29, 0.717) is 48.5 Å². The summed E-state index contributed by atoms with van der Waals surface area (Å²) in [5, 5.41) is 25.0. The summed E-state index contributed by atoms with van der Waals surface area (Å²) >= 11 is 0. The normalized spacial score (nSPS) is 20.6. The van der Waals surface area contributed by atoms with Gasteiger partial charge in [0.2, 0.25) is 0 Å². The van der Waals surface area contributed by atoms with Gasteiger partial charge in [0.05, 0.1) is 35.6 Å². The molecule has 0 saturated heterocycles. The van der Waals surface area contributed by atoms with Crippen LogP contribution in [-0.2, 0) is 18.4 Å². The highest BCUT2D eigenvalue weighted by Gasteiger charge is 2.29. The standard InChI is InChI=1S/C23H29N7O4/c1-13-19(33-16-8-4-7-15(11-16)22(31)32)10-9-17(25-13)20-18(30(2)29-27-20)12-24-23-26-21(28-34-23)14-5-3-6-14/h9-10,14-16H,3-8,11-12H2,1-2H3,(H,31,32)(H,24,26,28)/t15-,16-/m0/s1. The number of carboxylic acids is 1. The molecule has 2 aliphatic rings. The zero-order valence-corrected chi connectivity index (χ0v) is 19.4. The maximum atomic E-state index is 11.3. The lowest BCUT2D eigenvalue weighted by atomic mass is 9.85. The van der Waals surface area contributed by atoms with Crippen LogP contribution in [0.3, 0.4) is 0 Å². The Bertz CT molecular complexity index is 1170. The fourth-order valence-corrected chi connectivity index (χ4v) is 4.53. The smallest absolute Gasteiger partial charge is 0.321 e. The number of carbonyl (C=O) groups is 1. The number of rotatable bonds is 8. The number of anilines is 1. The second-order valence-corrected chi connectivity index (χ2v) is 9.17. The summed E-state index contributed by atoms with van der Waals surface area (Å²) in [5.41, 5.74) is 2.90. The lowest BCUT2D eigenvalue weighted by molar-refractivity contribution is -0.143. The molecule has 2 atom stereocenters. The van der Waals surface area contributed by atoms with Crippen molar-refractivity contribution in [2.75, 3.05) is 5.32 Å². The number of nitrogens with zero attached hydrogens (tertiary/aromatic N) is 6. The van der Waals surface area contributed by atoms with Crippen LogP contribution in [0.4, 0.5) is 6.01 Å². The van der Waals surface area contributed by atoms with Gasteiger partial charge in [-0.25, -0.2) is 9.67 Å². The summed E-state index contributed by atoms with van der Waals surface area (Å²) in [7, 11) is 1.83. The van der Waals surface area contributed by atoms with E-state index in [1.165, 1.54) is 6.42 Å². The molecule has 11 nitrogen and oxygen atoms in total. The van der Waals surface area contributed by atoms with Gasteiger partial charge in [-0.2, -0.15) is 4.98 Å². The van der Waals surface area contributed by atoms with E-state index >= 15 is 0 Å². The lowest BCUT2D eigenvalue weighted by Gasteiger charge is -2.27. The third-order valence-electron chi connectivity index (χ3n) is 6.81. The van der Waals surface area contributed by atoms with Crippen LogP contribution in [0.15, 0.2) is 16.7 Å². The van der Waals surface area contributed by atoms with Crippen LogP contribution in [-0.4, -0.2) is 47.3 Å². The minimum atomic E-state index is -0.748. The molecule has 3 aromatic rings. The van der Waals surface area contributed by atoms with E-state index in [9.17, 15) is 9.90 Å². The Hall–Kier alpha value is -3.50. The molecule has 2 N–H and O–H groups in total. The highest BCUT2D eigenvalue weighted by molar-refractivity contribution is 5.70. The molecule has 0 radical (unpaired) electrons. The number of aliphatic carboxylic acids is 1. The molecule has 0 aliphatic heterocycles. The number of aromatic nitrogens is 6. The van der Waals surface area contributed by atoms with Gasteiger partial charge in [-0.3, -0.25) is 4.79 Å². The summed E-state index contributed by atoms with van der Waals surface area (Å²) in [4.78, 5) is 20.5. The number of hydrogen-bond acceptors (Lipinski definition) is 9. The van der Waals surface area contributed by atoms with Crippen molar-refractivity contribution in [3.63, 3.8) is 0 Å². The van der Waals surface area contributed by atoms with Crippen LogP contribution >= 0.6 is 0 Å². The molecule has 0 spiro atoms. The summed E-state index contributed by atoms with van der Waals surface area (Å²) in [6.45, 7) is 2.29. The largest absolute Gasteiger partial charge is 0.489 e. The van der Waals surface area contributed by atoms with Crippen LogP contribution in [0.1, 0.15) is 68.1 Å². The molecule has 2 saturated carbocycles. The number of aryl methyl sites for hydroxylation is 2. The Kier molecular flexibility index (Phi) is 6.16. The average molecular weight is 468 g/mol. The second kappa shape index (κ2) is 9.40. The van der Waals surface area contributed by atoms with Gasteiger partial charge in [0, 0.05) is 13.0 Å². The van der Waals surface area contributed by atoms with Crippen molar-refractivity contribution >= 4 is 12.0 Å². The zero-order valence-electron chi connectivity index (χ0n) is 19.4. The molecule has 180 valence electrons. The highest BCUT2D eigenvalue weighted by Crippen LogP contribution is 2.35. The van der Waals surface area contributed by atoms with Gasteiger partial charge in [-0.15, -0.1) is 5.10 Å². The highest BCUT2D eigenvalue weighted by atomic mass is 16.5. The summed E-state index contributed by atoms with van der Waals surface area (Å²) in [5.74, 6) is 0.742. The third kappa shape index (κ3) is 4.59. The lowest BCUT2D eigenvalue weighted by Crippen LogP contribution is -2.29. The van der Waals surface area contributed by atoms with E-state index in [0.717, 1.165) is 42.9 Å². The van der Waals surface area contributed by atoms with Crippen LogP contribution < -0.4 is 10.1 Å². The Morgan fingerprint density at radius 1 is 1.24 bits per heavy atom. The van der Waals surface area contributed by atoms with Crippen molar-refractivity contribution in [3.8, 4) is 17.1 Å². The molecule has 5 rings (SSSR count). The Labute approximate surface area is 196 Å².